The van der Waals surface area contributed by atoms with Crippen molar-refractivity contribution in [3.8, 4) is 16.9 Å². The lowest BCUT2D eigenvalue weighted by molar-refractivity contribution is 0.0930. The van der Waals surface area contributed by atoms with Crippen molar-refractivity contribution < 1.29 is 9.53 Å². The highest BCUT2D eigenvalue weighted by Gasteiger charge is 2.23. The number of halogens is 3. The molecule has 3 heterocycles. The van der Waals surface area contributed by atoms with Gasteiger partial charge in [-0.15, -0.1) is 0 Å². The Balaban J connectivity index is 1.56. The summed E-state index contributed by atoms with van der Waals surface area (Å²) in [5.74, 6) is 0.130. The van der Waals surface area contributed by atoms with Crippen LogP contribution in [0.4, 0.5) is 0 Å². The van der Waals surface area contributed by atoms with Crippen LogP contribution in [-0.2, 0) is 0 Å². The molecule has 38 heavy (non-hydrogen) atoms. The van der Waals surface area contributed by atoms with Crippen molar-refractivity contribution in [3.63, 3.8) is 0 Å². The zero-order valence-electron chi connectivity index (χ0n) is 21.0. The molecule has 0 unspecified atom stereocenters. The number of ether oxygens (including phenoxy) is 1. The predicted octanol–water partition coefficient (Wildman–Crippen LogP) is 5.55. The maximum absolute atomic E-state index is 13.4. The van der Waals surface area contributed by atoms with E-state index in [-0.39, 0.29) is 22.5 Å². The number of amides is 1. The largest absolute Gasteiger partial charge is 0.492 e. The number of nitrogens with one attached hydrogen (secondary N) is 4. The van der Waals surface area contributed by atoms with Gasteiger partial charge < -0.3 is 25.7 Å². The highest BCUT2D eigenvalue weighted by molar-refractivity contribution is 6.35. The third-order valence-electron chi connectivity index (χ3n) is 7.25. The lowest BCUT2D eigenvalue weighted by Crippen LogP contribution is -2.42. The summed E-state index contributed by atoms with van der Waals surface area (Å²) in [5.41, 5.74) is 1.31. The fourth-order valence-electron chi connectivity index (χ4n) is 5.27. The van der Waals surface area contributed by atoms with Gasteiger partial charge in [0, 0.05) is 27.5 Å². The van der Waals surface area contributed by atoms with Crippen molar-refractivity contribution in [3.05, 3.63) is 61.3 Å². The van der Waals surface area contributed by atoms with E-state index in [0.717, 1.165) is 45.3 Å². The molecule has 0 aliphatic carbocycles. The summed E-state index contributed by atoms with van der Waals surface area (Å²) in [4.78, 5) is 29.5. The number of benzene rings is 2. The number of aromatic amines is 1. The Bertz CT molecular complexity index is 1360. The first-order chi connectivity index (χ1) is 18.4. The van der Waals surface area contributed by atoms with Gasteiger partial charge in [0.15, 0.2) is 0 Å². The standard InChI is InChI=1S/C28H31Cl3N4O3/c29-17-11-16(12-18(30)13-17)25-26(38-10-6-19-3-1-2-7-33-19)22-14-21(23(31)15-24(22)35-28(25)37)27(36)34-20-4-8-32-9-5-20/h11-15,19-20,32-33H,1-10H2,(H,34,36)(H,35,37)/t19-/m0/s1. The fraction of sp³-hybridized carbons (Fsp3) is 0.429. The van der Waals surface area contributed by atoms with Crippen LogP contribution in [0.3, 0.4) is 0 Å². The van der Waals surface area contributed by atoms with Crippen LogP contribution >= 0.6 is 34.8 Å². The van der Waals surface area contributed by atoms with Gasteiger partial charge in [0.1, 0.15) is 5.75 Å². The first kappa shape index (κ1) is 27.3. The molecule has 2 aromatic carbocycles. The molecule has 3 aromatic rings. The Morgan fingerprint density at radius 2 is 1.74 bits per heavy atom. The van der Waals surface area contributed by atoms with E-state index in [2.05, 4.69) is 20.9 Å². The van der Waals surface area contributed by atoms with Crippen LogP contribution in [0, 0.1) is 0 Å². The maximum Gasteiger partial charge on any atom is 0.260 e. The minimum atomic E-state index is -0.357. The van der Waals surface area contributed by atoms with Crippen LogP contribution < -0.4 is 26.2 Å². The molecule has 5 rings (SSSR count). The van der Waals surface area contributed by atoms with Crippen molar-refractivity contribution in [1.82, 2.24) is 20.9 Å². The molecule has 0 bridgehead atoms. The zero-order chi connectivity index (χ0) is 26.6. The minimum absolute atomic E-state index is 0.0778. The first-order valence-electron chi connectivity index (χ1n) is 13.1. The van der Waals surface area contributed by atoms with E-state index in [9.17, 15) is 9.59 Å². The van der Waals surface area contributed by atoms with Gasteiger partial charge in [-0.05, 0) is 87.6 Å². The molecule has 0 saturated carbocycles. The normalized spacial score (nSPS) is 18.4. The third kappa shape index (κ3) is 6.29. The van der Waals surface area contributed by atoms with Crippen LogP contribution in [-0.4, -0.2) is 49.2 Å². The Morgan fingerprint density at radius 1 is 0.974 bits per heavy atom. The topological polar surface area (TPSA) is 95.2 Å². The van der Waals surface area contributed by atoms with Gasteiger partial charge >= 0.3 is 0 Å². The van der Waals surface area contributed by atoms with Crippen LogP contribution in [0.25, 0.3) is 22.0 Å². The molecule has 10 heteroatoms. The summed E-state index contributed by atoms with van der Waals surface area (Å²) in [5, 5.41) is 11.6. The average molecular weight is 578 g/mol. The number of piperidine rings is 2. The summed E-state index contributed by atoms with van der Waals surface area (Å²) in [7, 11) is 0. The van der Waals surface area contributed by atoms with Crippen LogP contribution in [0.15, 0.2) is 35.1 Å². The van der Waals surface area contributed by atoms with Gasteiger partial charge in [-0.3, -0.25) is 9.59 Å². The van der Waals surface area contributed by atoms with E-state index in [0.29, 0.717) is 56.0 Å². The van der Waals surface area contributed by atoms with E-state index in [4.69, 9.17) is 39.5 Å². The molecule has 2 fully saturated rings. The molecule has 1 aromatic heterocycles. The van der Waals surface area contributed by atoms with E-state index in [1.54, 1.807) is 30.3 Å². The zero-order valence-corrected chi connectivity index (χ0v) is 23.2. The maximum atomic E-state index is 13.4. The molecule has 1 atom stereocenters. The van der Waals surface area contributed by atoms with Crippen molar-refractivity contribution >= 4 is 51.6 Å². The molecule has 2 saturated heterocycles. The fourth-order valence-corrected chi connectivity index (χ4v) is 6.05. The number of hydrogen-bond acceptors (Lipinski definition) is 5. The molecule has 2 aliphatic rings. The van der Waals surface area contributed by atoms with Gasteiger partial charge in [0.05, 0.1) is 28.3 Å². The van der Waals surface area contributed by atoms with Gasteiger partial charge in [-0.2, -0.15) is 0 Å². The number of pyridine rings is 1. The average Bonchev–Trinajstić information content (AvgIpc) is 2.89. The summed E-state index contributed by atoms with van der Waals surface area (Å²) in [6, 6.07) is 8.73. The summed E-state index contributed by atoms with van der Waals surface area (Å²) in [6.07, 6.45) is 5.96. The number of carbonyl (C=O) groups excluding carboxylic acids is 1. The summed E-state index contributed by atoms with van der Waals surface area (Å²) < 4.78 is 6.36. The monoisotopic (exact) mass is 576 g/mol. The van der Waals surface area contributed by atoms with E-state index >= 15 is 0 Å². The molecule has 2 aliphatic heterocycles. The number of carbonyl (C=O) groups is 1. The molecule has 202 valence electrons. The van der Waals surface area contributed by atoms with Crippen LogP contribution in [0.1, 0.15) is 48.9 Å². The van der Waals surface area contributed by atoms with Crippen LogP contribution in [0.2, 0.25) is 15.1 Å². The van der Waals surface area contributed by atoms with Gasteiger partial charge in [-0.1, -0.05) is 41.2 Å². The Hall–Kier alpha value is -2.29. The Labute approximate surface area is 236 Å². The first-order valence-corrected chi connectivity index (χ1v) is 14.3. The molecule has 4 N–H and O–H groups in total. The second kappa shape index (κ2) is 12.3. The predicted molar refractivity (Wildman–Crippen MR) is 154 cm³/mol. The Morgan fingerprint density at radius 3 is 2.45 bits per heavy atom. The molecule has 7 nitrogen and oxygen atoms in total. The lowest BCUT2D eigenvalue weighted by atomic mass is 10.0. The molecular formula is C28H31Cl3N4O3. The minimum Gasteiger partial charge on any atom is -0.492 e. The Kier molecular flexibility index (Phi) is 8.81. The molecule has 0 radical (unpaired) electrons. The molecular weight excluding hydrogens is 547 g/mol. The molecule has 1 amide bonds. The number of aromatic nitrogens is 1. The summed E-state index contributed by atoms with van der Waals surface area (Å²) >= 11 is 19.1. The van der Waals surface area contributed by atoms with Crippen LogP contribution in [0.5, 0.6) is 5.75 Å². The third-order valence-corrected chi connectivity index (χ3v) is 8.00. The quantitative estimate of drug-likeness (QED) is 0.295. The highest BCUT2D eigenvalue weighted by atomic mass is 35.5. The van der Waals surface area contributed by atoms with Gasteiger partial charge in [-0.25, -0.2) is 0 Å². The highest BCUT2D eigenvalue weighted by Crippen LogP contribution is 2.37. The van der Waals surface area contributed by atoms with Gasteiger partial charge in [0.25, 0.3) is 11.5 Å². The van der Waals surface area contributed by atoms with Crippen molar-refractivity contribution in [2.45, 2.75) is 50.6 Å². The second-order valence-electron chi connectivity index (χ2n) is 9.98. The van der Waals surface area contributed by atoms with E-state index in [1.807, 2.05) is 0 Å². The van der Waals surface area contributed by atoms with Crippen molar-refractivity contribution in [2.75, 3.05) is 26.2 Å². The second-order valence-corrected chi connectivity index (χ2v) is 11.3. The smallest absolute Gasteiger partial charge is 0.260 e. The SMILES string of the molecule is O=C(NC1CCNCC1)c1cc2c(OCC[C@@H]3CCCCN3)c(-c3cc(Cl)cc(Cl)c3)c(=O)[nH]c2cc1Cl. The summed E-state index contributed by atoms with van der Waals surface area (Å²) in [6.45, 7) is 3.11. The number of hydrogen-bond donors (Lipinski definition) is 4. The van der Waals surface area contributed by atoms with E-state index < -0.39 is 0 Å². The van der Waals surface area contributed by atoms with Crippen molar-refractivity contribution in [2.24, 2.45) is 0 Å². The number of H-pyrrole nitrogens is 1. The molecule has 0 spiro atoms. The number of fused-ring (bicyclic) bond motifs is 1. The van der Waals surface area contributed by atoms with Crippen molar-refractivity contribution in [1.29, 1.82) is 0 Å². The lowest BCUT2D eigenvalue weighted by Gasteiger charge is -2.24. The van der Waals surface area contributed by atoms with Gasteiger partial charge in [0.2, 0.25) is 0 Å². The van der Waals surface area contributed by atoms with E-state index in [1.165, 1.54) is 12.8 Å². The number of rotatable bonds is 7.